The maximum absolute atomic E-state index is 12.6. The summed E-state index contributed by atoms with van der Waals surface area (Å²) in [6.07, 6.45) is 0. The van der Waals surface area contributed by atoms with Crippen LogP contribution in [0.1, 0.15) is 21.8 Å². The summed E-state index contributed by atoms with van der Waals surface area (Å²) in [6.45, 7) is 0.481. The van der Waals surface area contributed by atoms with Gasteiger partial charge in [-0.15, -0.1) is 0 Å². The molecule has 0 atom stereocenters. The highest BCUT2D eigenvalue weighted by Gasteiger charge is 2.14. The van der Waals surface area contributed by atoms with E-state index in [1.165, 1.54) is 0 Å². The summed E-state index contributed by atoms with van der Waals surface area (Å²) >= 11 is 0. The van der Waals surface area contributed by atoms with Gasteiger partial charge >= 0.3 is 0 Å². The zero-order chi connectivity index (χ0) is 21.5. The average molecular weight is 415 g/mol. The third-order valence-electron chi connectivity index (χ3n) is 4.60. The summed E-state index contributed by atoms with van der Waals surface area (Å²) in [4.78, 5) is 17.0. The van der Waals surface area contributed by atoms with Crippen LogP contribution in [0.2, 0.25) is 0 Å². The molecule has 1 heterocycles. The lowest BCUT2D eigenvalue weighted by Crippen LogP contribution is -2.23. The Morgan fingerprint density at radius 1 is 0.968 bits per heavy atom. The summed E-state index contributed by atoms with van der Waals surface area (Å²) in [7, 11) is 1.61. The highest BCUT2D eigenvalue weighted by Crippen LogP contribution is 2.22. The number of ether oxygens (including phenoxy) is 2. The third-order valence-corrected chi connectivity index (χ3v) is 4.60. The van der Waals surface area contributed by atoms with Gasteiger partial charge in [-0.1, -0.05) is 47.6 Å². The molecule has 0 aliphatic carbocycles. The van der Waals surface area contributed by atoms with Crippen LogP contribution in [0.5, 0.6) is 11.5 Å². The molecule has 0 saturated heterocycles. The molecule has 3 aromatic carbocycles. The van der Waals surface area contributed by atoms with E-state index < -0.39 is 0 Å². The lowest BCUT2D eigenvalue weighted by molar-refractivity contribution is 0.0945. The van der Waals surface area contributed by atoms with Gasteiger partial charge in [0.2, 0.25) is 5.82 Å². The fourth-order valence-corrected chi connectivity index (χ4v) is 2.96. The van der Waals surface area contributed by atoms with Crippen LogP contribution >= 0.6 is 0 Å². The van der Waals surface area contributed by atoms with E-state index in [1.807, 2.05) is 54.6 Å². The molecule has 4 aromatic rings. The van der Waals surface area contributed by atoms with Gasteiger partial charge in [-0.3, -0.25) is 4.79 Å². The molecular formula is C24H21N3O4. The van der Waals surface area contributed by atoms with Crippen molar-refractivity contribution in [1.29, 1.82) is 0 Å². The number of nitrogens with zero attached hydrogens (tertiary/aromatic N) is 2. The largest absolute Gasteiger partial charge is 0.497 e. The van der Waals surface area contributed by atoms with Gasteiger partial charge in [0, 0.05) is 12.1 Å². The standard InChI is InChI=1S/C24H21N3O4/c1-29-19-13-11-18(12-14-19)23-26-22(31-27-23)16-30-21-10-6-5-9-20(21)24(28)25-15-17-7-3-2-4-8-17/h2-14H,15-16H2,1H3,(H,25,28). The van der Waals surface area contributed by atoms with E-state index in [0.29, 0.717) is 29.6 Å². The van der Waals surface area contributed by atoms with Gasteiger partial charge in [-0.2, -0.15) is 4.98 Å². The van der Waals surface area contributed by atoms with Crippen molar-refractivity contribution < 1.29 is 18.8 Å². The molecule has 4 rings (SSSR count). The van der Waals surface area contributed by atoms with E-state index in [0.717, 1.165) is 16.9 Å². The van der Waals surface area contributed by atoms with Gasteiger partial charge in [0.25, 0.3) is 11.8 Å². The Balaban J connectivity index is 1.40. The predicted molar refractivity (Wildman–Crippen MR) is 115 cm³/mol. The van der Waals surface area contributed by atoms with E-state index in [9.17, 15) is 4.79 Å². The molecule has 0 spiro atoms. The average Bonchev–Trinajstić information content (AvgIpc) is 3.31. The minimum Gasteiger partial charge on any atom is -0.497 e. The Morgan fingerprint density at radius 2 is 1.71 bits per heavy atom. The molecular weight excluding hydrogens is 394 g/mol. The van der Waals surface area contributed by atoms with Crippen molar-refractivity contribution in [2.75, 3.05) is 7.11 Å². The minimum absolute atomic E-state index is 0.0478. The molecule has 0 unspecified atom stereocenters. The van der Waals surface area contributed by atoms with E-state index in [-0.39, 0.29) is 12.5 Å². The summed E-state index contributed by atoms with van der Waals surface area (Å²) in [6, 6.07) is 24.1. The normalized spacial score (nSPS) is 10.5. The van der Waals surface area contributed by atoms with Crippen LogP contribution in [0.4, 0.5) is 0 Å². The van der Waals surface area contributed by atoms with Crippen molar-refractivity contribution in [3.05, 3.63) is 95.9 Å². The molecule has 1 N–H and O–H groups in total. The number of para-hydroxylation sites is 1. The van der Waals surface area contributed by atoms with Crippen LogP contribution in [0.25, 0.3) is 11.4 Å². The lowest BCUT2D eigenvalue weighted by Gasteiger charge is -2.10. The molecule has 1 aromatic heterocycles. The van der Waals surface area contributed by atoms with Crippen molar-refractivity contribution in [1.82, 2.24) is 15.5 Å². The quantitative estimate of drug-likeness (QED) is 0.463. The molecule has 0 bridgehead atoms. The van der Waals surface area contributed by atoms with Gasteiger partial charge < -0.3 is 19.3 Å². The van der Waals surface area contributed by atoms with Gasteiger partial charge in [-0.05, 0) is 42.0 Å². The van der Waals surface area contributed by atoms with Crippen molar-refractivity contribution in [2.45, 2.75) is 13.2 Å². The van der Waals surface area contributed by atoms with Crippen molar-refractivity contribution in [3.63, 3.8) is 0 Å². The van der Waals surface area contributed by atoms with Crippen molar-refractivity contribution in [2.24, 2.45) is 0 Å². The molecule has 0 fully saturated rings. The van der Waals surface area contributed by atoms with Crippen LogP contribution < -0.4 is 14.8 Å². The Kier molecular flexibility index (Phi) is 6.23. The zero-order valence-corrected chi connectivity index (χ0v) is 16.9. The van der Waals surface area contributed by atoms with Crippen molar-refractivity contribution >= 4 is 5.91 Å². The highest BCUT2D eigenvalue weighted by molar-refractivity contribution is 5.96. The van der Waals surface area contributed by atoms with Gasteiger partial charge in [-0.25, -0.2) is 0 Å². The lowest BCUT2D eigenvalue weighted by atomic mass is 10.1. The molecule has 0 aliphatic rings. The molecule has 31 heavy (non-hydrogen) atoms. The van der Waals surface area contributed by atoms with Crippen LogP contribution in [0.3, 0.4) is 0 Å². The maximum Gasteiger partial charge on any atom is 0.264 e. The molecule has 7 heteroatoms. The fourth-order valence-electron chi connectivity index (χ4n) is 2.96. The van der Waals surface area contributed by atoms with E-state index in [1.54, 1.807) is 31.4 Å². The highest BCUT2D eigenvalue weighted by atomic mass is 16.5. The number of nitrogens with one attached hydrogen (secondary N) is 1. The second-order valence-corrected chi connectivity index (χ2v) is 6.69. The van der Waals surface area contributed by atoms with Gasteiger partial charge in [0.1, 0.15) is 11.5 Å². The van der Waals surface area contributed by atoms with Crippen LogP contribution in [0.15, 0.2) is 83.4 Å². The number of benzene rings is 3. The van der Waals surface area contributed by atoms with Crippen molar-refractivity contribution in [3.8, 4) is 22.9 Å². The monoisotopic (exact) mass is 415 g/mol. The summed E-state index contributed by atoms with van der Waals surface area (Å²) < 4.78 is 16.2. The van der Waals surface area contributed by atoms with E-state index in [2.05, 4.69) is 15.5 Å². The van der Waals surface area contributed by atoms with Crippen LogP contribution in [0, 0.1) is 0 Å². The zero-order valence-electron chi connectivity index (χ0n) is 16.9. The van der Waals surface area contributed by atoms with Crippen LogP contribution in [-0.2, 0) is 13.2 Å². The summed E-state index contributed by atoms with van der Waals surface area (Å²) in [5, 5.41) is 6.90. The fraction of sp³-hybridized carbons (Fsp3) is 0.125. The number of carbonyl (C=O) groups excluding carboxylic acids is 1. The topological polar surface area (TPSA) is 86.5 Å². The molecule has 7 nitrogen and oxygen atoms in total. The molecule has 1 amide bonds. The first-order valence-corrected chi connectivity index (χ1v) is 9.74. The Hall–Kier alpha value is -4.13. The molecule has 0 saturated carbocycles. The SMILES string of the molecule is COc1ccc(-c2noc(COc3ccccc3C(=O)NCc3ccccc3)n2)cc1. The Labute approximate surface area is 179 Å². The molecule has 0 aliphatic heterocycles. The smallest absolute Gasteiger partial charge is 0.264 e. The number of hydrogen-bond acceptors (Lipinski definition) is 6. The molecule has 0 radical (unpaired) electrons. The number of carbonyl (C=O) groups is 1. The van der Waals surface area contributed by atoms with E-state index >= 15 is 0 Å². The number of methoxy groups -OCH3 is 1. The third kappa shape index (κ3) is 5.08. The Morgan fingerprint density at radius 3 is 2.48 bits per heavy atom. The number of rotatable bonds is 8. The van der Waals surface area contributed by atoms with E-state index in [4.69, 9.17) is 14.0 Å². The second kappa shape index (κ2) is 9.58. The van der Waals surface area contributed by atoms with Gasteiger partial charge in [0.15, 0.2) is 6.61 Å². The maximum atomic E-state index is 12.6. The predicted octanol–water partition coefficient (Wildman–Crippen LogP) is 4.25. The minimum atomic E-state index is -0.219. The van der Waals surface area contributed by atoms with Crippen LogP contribution in [-0.4, -0.2) is 23.2 Å². The number of amides is 1. The first kappa shape index (κ1) is 20.2. The van der Waals surface area contributed by atoms with Gasteiger partial charge in [0.05, 0.1) is 12.7 Å². The number of aromatic nitrogens is 2. The Bertz CT molecular complexity index is 1140. The first-order valence-electron chi connectivity index (χ1n) is 9.74. The number of hydrogen-bond donors (Lipinski definition) is 1. The summed E-state index contributed by atoms with van der Waals surface area (Å²) in [5.74, 6) is 1.74. The first-order chi connectivity index (χ1) is 15.2. The molecule has 156 valence electrons. The second-order valence-electron chi connectivity index (χ2n) is 6.69. The summed E-state index contributed by atoms with van der Waals surface area (Å²) in [5.41, 5.74) is 2.26.